The van der Waals surface area contributed by atoms with E-state index >= 15 is 0 Å². The Labute approximate surface area is 94.9 Å². The lowest BCUT2D eigenvalue weighted by Gasteiger charge is -2.00. The normalized spacial score (nSPS) is 10.3. The molecule has 2 rings (SSSR count). The quantitative estimate of drug-likeness (QED) is 0.845. The van der Waals surface area contributed by atoms with E-state index in [-0.39, 0.29) is 5.69 Å². The smallest absolute Gasteiger partial charge is 0.357 e. The van der Waals surface area contributed by atoms with E-state index < -0.39 is 5.97 Å². The second-order valence-corrected chi connectivity index (χ2v) is 3.97. The highest BCUT2D eigenvalue weighted by atomic mass is 32.1. The zero-order valence-electron chi connectivity index (χ0n) is 8.43. The summed E-state index contributed by atoms with van der Waals surface area (Å²) in [5.74, 6) is -0.320. The number of carboxylic acids is 1. The van der Waals surface area contributed by atoms with Crippen molar-refractivity contribution in [3.63, 3.8) is 0 Å². The van der Waals surface area contributed by atoms with Gasteiger partial charge < -0.3 is 14.9 Å². The molecule has 0 aliphatic rings. The molecule has 0 radical (unpaired) electrons. The van der Waals surface area contributed by atoms with Gasteiger partial charge in [-0.05, 0) is 6.92 Å². The minimum Gasteiger partial charge on any atom is -0.476 e. The third-order valence-corrected chi connectivity index (χ3v) is 2.66. The molecule has 0 bridgehead atoms. The summed E-state index contributed by atoms with van der Waals surface area (Å²) in [4.78, 5) is 14.5. The van der Waals surface area contributed by atoms with Crippen LogP contribution in [0, 0.1) is 6.92 Å². The molecule has 0 atom stereocenters. The monoisotopic (exact) mass is 239 g/mol. The Morgan fingerprint density at radius 1 is 1.69 bits per heavy atom. The fourth-order valence-electron chi connectivity index (χ4n) is 1.20. The third-order valence-electron chi connectivity index (χ3n) is 1.88. The minimum absolute atomic E-state index is 0.0326. The lowest BCUT2D eigenvalue weighted by molar-refractivity contribution is 0.0692. The number of thiazole rings is 1. The number of aromatic carboxylic acids is 1. The number of rotatable bonds is 4. The summed E-state index contributed by atoms with van der Waals surface area (Å²) in [6, 6.07) is 1.79. The van der Waals surface area contributed by atoms with Gasteiger partial charge in [0, 0.05) is 6.07 Å². The average Bonchev–Trinajstić information content (AvgIpc) is 2.83. The highest BCUT2D eigenvalue weighted by Gasteiger charge is 2.13. The standard InChI is InChI=1S/C9H9N3O3S/c1-5-2-6(12-15-5)3-10-8-7(9(13)14)11-4-16-8/h2,4,10H,3H2,1H3,(H,13,14). The van der Waals surface area contributed by atoms with Crippen molar-refractivity contribution in [3.05, 3.63) is 28.7 Å². The number of aromatic nitrogens is 2. The molecule has 84 valence electrons. The number of aryl methyl sites for hydroxylation is 1. The molecule has 2 heterocycles. The molecule has 0 aromatic carbocycles. The summed E-state index contributed by atoms with van der Waals surface area (Å²) < 4.78 is 4.89. The molecule has 2 aromatic rings. The zero-order chi connectivity index (χ0) is 11.5. The first kappa shape index (κ1) is 10.6. The van der Waals surface area contributed by atoms with E-state index in [1.165, 1.54) is 16.8 Å². The number of anilines is 1. The fourth-order valence-corrected chi connectivity index (χ4v) is 1.87. The van der Waals surface area contributed by atoms with Crippen molar-refractivity contribution in [1.29, 1.82) is 0 Å². The molecule has 0 aliphatic heterocycles. The van der Waals surface area contributed by atoms with Gasteiger partial charge in [0.05, 0.1) is 12.1 Å². The van der Waals surface area contributed by atoms with Crippen LogP contribution in [0.15, 0.2) is 16.1 Å². The maximum Gasteiger partial charge on any atom is 0.357 e. The Bertz CT molecular complexity index is 506. The van der Waals surface area contributed by atoms with Crippen molar-refractivity contribution in [2.75, 3.05) is 5.32 Å². The van der Waals surface area contributed by atoms with Crippen molar-refractivity contribution in [2.45, 2.75) is 13.5 Å². The number of nitrogens with zero attached hydrogens (tertiary/aromatic N) is 2. The van der Waals surface area contributed by atoms with Crippen LogP contribution in [-0.2, 0) is 6.54 Å². The Morgan fingerprint density at radius 2 is 2.50 bits per heavy atom. The Kier molecular flexibility index (Phi) is 2.86. The number of hydrogen-bond acceptors (Lipinski definition) is 6. The van der Waals surface area contributed by atoms with E-state index in [9.17, 15) is 4.79 Å². The molecular formula is C9H9N3O3S. The van der Waals surface area contributed by atoms with E-state index in [0.29, 0.717) is 11.5 Å². The van der Waals surface area contributed by atoms with Gasteiger partial charge >= 0.3 is 5.97 Å². The van der Waals surface area contributed by atoms with Crippen LogP contribution in [0.4, 0.5) is 5.00 Å². The van der Waals surface area contributed by atoms with Gasteiger partial charge in [-0.25, -0.2) is 9.78 Å². The largest absolute Gasteiger partial charge is 0.476 e. The summed E-state index contributed by atoms with van der Waals surface area (Å²) in [6.45, 7) is 2.21. The fraction of sp³-hybridized carbons (Fsp3) is 0.222. The van der Waals surface area contributed by atoms with E-state index in [4.69, 9.17) is 9.63 Å². The van der Waals surface area contributed by atoms with Gasteiger partial charge in [-0.1, -0.05) is 5.16 Å². The van der Waals surface area contributed by atoms with Gasteiger partial charge in [0.1, 0.15) is 16.5 Å². The number of hydrogen-bond donors (Lipinski definition) is 2. The van der Waals surface area contributed by atoms with E-state index in [2.05, 4.69) is 15.5 Å². The van der Waals surface area contributed by atoms with Crippen LogP contribution in [0.1, 0.15) is 21.9 Å². The summed E-state index contributed by atoms with van der Waals surface area (Å²) >= 11 is 1.24. The molecule has 0 saturated heterocycles. The van der Waals surface area contributed by atoms with Crippen LogP contribution < -0.4 is 5.32 Å². The number of nitrogens with one attached hydrogen (secondary N) is 1. The highest BCUT2D eigenvalue weighted by molar-refractivity contribution is 7.14. The van der Waals surface area contributed by atoms with Gasteiger partial charge in [0.25, 0.3) is 0 Å². The first-order valence-corrected chi connectivity index (χ1v) is 5.37. The Balaban J connectivity index is 2.04. The van der Waals surface area contributed by atoms with Gasteiger partial charge in [0.2, 0.25) is 0 Å². The molecule has 0 amide bonds. The third kappa shape index (κ3) is 2.19. The van der Waals surface area contributed by atoms with Gasteiger partial charge in [-0.3, -0.25) is 0 Å². The first-order valence-electron chi connectivity index (χ1n) is 4.49. The van der Waals surface area contributed by atoms with E-state index in [0.717, 1.165) is 11.5 Å². The molecule has 0 aliphatic carbocycles. The van der Waals surface area contributed by atoms with Crippen LogP contribution in [-0.4, -0.2) is 21.2 Å². The van der Waals surface area contributed by atoms with Crippen LogP contribution in [0.5, 0.6) is 0 Å². The molecule has 2 aromatic heterocycles. The van der Waals surface area contributed by atoms with Crippen molar-refractivity contribution in [2.24, 2.45) is 0 Å². The van der Waals surface area contributed by atoms with Gasteiger partial charge in [0.15, 0.2) is 5.69 Å². The molecule has 0 fully saturated rings. The van der Waals surface area contributed by atoms with Crippen molar-refractivity contribution in [3.8, 4) is 0 Å². The number of carboxylic acid groups (broad SMARTS) is 1. The summed E-state index contributed by atoms with van der Waals surface area (Å²) in [6.07, 6.45) is 0. The van der Waals surface area contributed by atoms with Gasteiger partial charge in [-0.15, -0.1) is 11.3 Å². The topological polar surface area (TPSA) is 88.2 Å². The summed E-state index contributed by atoms with van der Waals surface area (Å²) in [5, 5.41) is 16.1. The summed E-state index contributed by atoms with van der Waals surface area (Å²) in [5.41, 5.74) is 2.24. The second kappa shape index (κ2) is 4.31. The molecule has 0 spiro atoms. The lowest BCUT2D eigenvalue weighted by Crippen LogP contribution is -2.04. The molecule has 0 saturated carbocycles. The van der Waals surface area contributed by atoms with Crippen molar-refractivity contribution >= 4 is 22.3 Å². The van der Waals surface area contributed by atoms with E-state index in [1.54, 1.807) is 13.0 Å². The SMILES string of the molecule is Cc1cc(CNc2scnc2C(=O)O)no1. The highest BCUT2D eigenvalue weighted by Crippen LogP contribution is 2.20. The maximum atomic E-state index is 10.8. The lowest BCUT2D eigenvalue weighted by atomic mass is 10.3. The maximum absolute atomic E-state index is 10.8. The summed E-state index contributed by atoms with van der Waals surface area (Å²) in [7, 11) is 0. The predicted molar refractivity (Wildman–Crippen MR) is 57.6 cm³/mol. The average molecular weight is 239 g/mol. The van der Waals surface area contributed by atoms with Crippen molar-refractivity contribution in [1.82, 2.24) is 10.1 Å². The molecular weight excluding hydrogens is 230 g/mol. The minimum atomic E-state index is -1.04. The molecule has 0 unspecified atom stereocenters. The molecule has 6 nitrogen and oxygen atoms in total. The van der Waals surface area contributed by atoms with Crippen LogP contribution in [0.3, 0.4) is 0 Å². The van der Waals surface area contributed by atoms with Crippen LogP contribution in [0.2, 0.25) is 0 Å². The predicted octanol–water partition coefficient (Wildman–Crippen LogP) is 1.75. The van der Waals surface area contributed by atoms with E-state index in [1.807, 2.05) is 0 Å². The molecule has 7 heteroatoms. The Hall–Kier alpha value is -1.89. The van der Waals surface area contributed by atoms with Crippen molar-refractivity contribution < 1.29 is 14.4 Å². The molecule has 16 heavy (non-hydrogen) atoms. The second-order valence-electron chi connectivity index (χ2n) is 3.12. The first-order chi connectivity index (χ1) is 7.66. The van der Waals surface area contributed by atoms with Gasteiger partial charge in [-0.2, -0.15) is 0 Å². The number of carbonyl (C=O) groups is 1. The Morgan fingerprint density at radius 3 is 3.12 bits per heavy atom. The molecule has 2 N–H and O–H groups in total. The van der Waals surface area contributed by atoms with Crippen LogP contribution in [0.25, 0.3) is 0 Å². The zero-order valence-corrected chi connectivity index (χ0v) is 9.24. The van der Waals surface area contributed by atoms with Crippen LogP contribution >= 0.6 is 11.3 Å².